The van der Waals surface area contributed by atoms with Gasteiger partial charge in [-0.15, -0.1) is 0 Å². The molecule has 3 rings (SSSR count). The molecule has 0 bridgehead atoms. The molecular weight excluding hydrogens is 448 g/mol. The number of hydrogen-bond donors (Lipinski definition) is 2. The number of aryl methyl sites for hydroxylation is 1. The van der Waals surface area contributed by atoms with Crippen LogP contribution in [0, 0.1) is 6.92 Å². The lowest BCUT2D eigenvalue weighted by Crippen LogP contribution is -2.48. The lowest BCUT2D eigenvalue weighted by atomic mass is 10.2. The quantitative estimate of drug-likeness (QED) is 0.583. The molecule has 1 saturated heterocycles. The molecule has 1 aliphatic heterocycles. The molecule has 3 heterocycles. The van der Waals surface area contributed by atoms with Crippen LogP contribution < -0.4 is 20.4 Å². The molecule has 2 aromatic heterocycles. The molecule has 1 fully saturated rings. The second kappa shape index (κ2) is 11.2. The zero-order valence-corrected chi connectivity index (χ0v) is 21.5. The number of likely N-dealkylation sites (N-methyl/N-ethyl adjacent to an activating group) is 2. The molecule has 11 heteroatoms. The van der Waals surface area contributed by atoms with Gasteiger partial charge in [-0.3, -0.25) is 4.79 Å². The van der Waals surface area contributed by atoms with Gasteiger partial charge in [0, 0.05) is 51.5 Å². The standard InChI is InChI=1S/C24H36N8O3/c1-7-31(13-12-30(6)23(34)35-24(3,4)5)18-8-9-19(26-15-18)28-22-27-14-17(2)21(29-22)32-11-10-25-20(33)16-32/h8-9,14-15H,7,10-13,16H2,1-6H3,(H,25,33)(H,26,27,28,29). The maximum Gasteiger partial charge on any atom is 0.410 e. The van der Waals surface area contributed by atoms with Crippen LogP contribution in [0.2, 0.25) is 0 Å². The first kappa shape index (κ1) is 26.0. The molecule has 0 aromatic carbocycles. The van der Waals surface area contributed by atoms with Gasteiger partial charge in [-0.1, -0.05) is 0 Å². The highest BCUT2D eigenvalue weighted by atomic mass is 16.6. The molecule has 2 amide bonds. The molecular formula is C24H36N8O3. The molecule has 0 unspecified atom stereocenters. The van der Waals surface area contributed by atoms with E-state index in [1.807, 2.05) is 44.7 Å². The lowest BCUT2D eigenvalue weighted by Gasteiger charge is -2.29. The number of carbonyl (C=O) groups excluding carboxylic acids is 2. The summed E-state index contributed by atoms with van der Waals surface area (Å²) in [6.45, 7) is 13.1. The number of pyridine rings is 1. The Bertz CT molecular complexity index is 1020. The second-order valence-electron chi connectivity index (χ2n) is 9.48. The average Bonchev–Trinajstić information content (AvgIpc) is 2.80. The number of rotatable bonds is 8. The molecule has 0 atom stereocenters. The van der Waals surface area contributed by atoms with E-state index in [0.29, 0.717) is 37.9 Å². The fourth-order valence-electron chi connectivity index (χ4n) is 3.57. The normalized spacial score (nSPS) is 13.8. The van der Waals surface area contributed by atoms with Gasteiger partial charge in [0.2, 0.25) is 11.9 Å². The molecule has 190 valence electrons. The van der Waals surface area contributed by atoms with E-state index in [9.17, 15) is 9.59 Å². The Morgan fingerprint density at radius 3 is 2.63 bits per heavy atom. The summed E-state index contributed by atoms with van der Waals surface area (Å²) >= 11 is 0. The second-order valence-corrected chi connectivity index (χ2v) is 9.48. The van der Waals surface area contributed by atoms with Crippen LogP contribution in [0.4, 0.5) is 28.1 Å². The number of hydrogen-bond acceptors (Lipinski definition) is 9. The summed E-state index contributed by atoms with van der Waals surface area (Å²) in [5, 5.41) is 5.97. The summed E-state index contributed by atoms with van der Waals surface area (Å²) in [6, 6.07) is 3.84. The largest absolute Gasteiger partial charge is 0.444 e. The Kier molecular flexibility index (Phi) is 8.31. The van der Waals surface area contributed by atoms with Crippen molar-refractivity contribution >= 4 is 35.3 Å². The van der Waals surface area contributed by atoms with Crippen molar-refractivity contribution in [3.63, 3.8) is 0 Å². The maximum atomic E-state index is 12.2. The third-order valence-corrected chi connectivity index (χ3v) is 5.43. The number of ether oxygens (including phenoxy) is 1. The van der Waals surface area contributed by atoms with Gasteiger partial charge in [0.1, 0.15) is 17.2 Å². The van der Waals surface area contributed by atoms with Gasteiger partial charge in [-0.25, -0.2) is 14.8 Å². The summed E-state index contributed by atoms with van der Waals surface area (Å²) in [5.41, 5.74) is 1.33. The van der Waals surface area contributed by atoms with Crippen LogP contribution in [0.1, 0.15) is 33.3 Å². The molecule has 0 aliphatic carbocycles. The highest BCUT2D eigenvalue weighted by Gasteiger charge is 2.21. The van der Waals surface area contributed by atoms with E-state index in [1.54, 1.807) is 24.3 Å². The number of nitrogens with one attached hydrogen (secondary N) is 2. The van der Waals surface area contributed by atoms with Gasteiger partial charge in [0.25, 0.3) is 0 Å². The van der Waals surface area contributed by atoms with Gasteiger partial charge >= 0.3 is 6.09 Å². The molecule has 0 radical (unpaired) electrons. The van der Waals surface area contributed by atoms with Crippen LogP contribution in [0.25, 0.3) is 0 Å². The van der Waals surface area contributed by atoms with E-state index in [-0.39, 0.29) is 18.5 Å². The molecule has 35 heavy (non-hydrogen) atoms. The van der Waals surface area contributed by atoms with Gasteiger partial charge in [-0.05, 0) is 46.8 Å². The van der Waals surface area contributed by atoms with Crippen molar-refractivity contribution in [2.24, 2.45) is 0 Å². The first-order valence-electron chi connectivity index (χ1n) is 11.8. The van der Waals surface area contributed by atoms with Crippen LogP contribution in [0.15, 0.2) is 24.5 Å². The van der Waals surface area contributed by atoms with Gasteiger partial charge in [0.05, 0.1) is 18.4 Å². The molecule has 11 nitrogen and oxygen atoms in total. The van der Waals surface area contributed by atoms with Crippen molar-refractivity contribution in [1.29, 1.82) is 0 Å². The molecule has 2 N–H and O–H groups in total. The minimum absolute atomic E-state index is 0.0150. The van der Waals surface area contributed by atoms with Crippen molar-refractivity contribution in [3.8, 4) is 0 Å². The predicted molar refractivity (Wildman–Crippen MR) is 136 cm³/mol. The summed E-state index contributed by atoms with van der Waals surface area (Å²) in [5.74, 6) is 1.75. The maximum absolute atomic E-state index is 12.2. The highest BCUT2D eigenvalue weighted by molar-refractivity contribution is 5.82. The van der Waals surface area contributed by atoms with E-state index in [4.69, 9.17) is 4.74 Å². The third-order valence-electron chi connectivity index (χ3n) is 5.43. The van der Waals surface area contributed by atoms with Crippen molar-refractivity contribution in [1.82, 2.24) is 25.2 Å². The number of piperazine rings is 1. The van der Waals surface area contributed by atoms with Crippen molar-refractivity contribution in [2.75, 3.05) is 61.4 Å². The van der Waals surface area contributed by atoms with E-state index in [1.165, 1.54) is 0 Å². The third kappa shape index (κ3) is 7.43. The number of aromatic nitrogens is 3. The van der Waals surface area contributed by atoms with Crippen LogP contribution in [-0.4, -0.2) is 83.8 Å². The van der Waals surface area contributed by atoms with E-state index in [0.717, 1.165) is 23.6 Å². The minimum atomic E-state index is -0.521. The number of carbonyl (C=O) groups is 2. The fraction of sp³-hybridized carbons (Fsp3) is 0.542. The van der Waals surface area contributed by atoms with Crippen molar-refractivity contribution in [3.05, 3.63) is 30.1 Å². The van der Waals surface area contributed by atoms with Gasteiger partial charge < -0.3 is 30.1 Å². The summed E-state index contributed by atoms with van der Waals surface area (Å²) in [7, 11) is 1.74. The Hall–Kier alpha value is -3.63. The lowest BCUT2D eigenvalue weighted by molar-refractivity contribution is -0.120. The zero-order chi connectivity index (χ0) is 25.6. The van der Waals surface area contributed by atoms with Gasteiger partial charge in [0.15, 0.2) is 0 Å². The smallest absolute Gasteiger partial charge is 0.410 e. The van der Waals surface area contributed by atoms with Crippen LogP contribution in [-0.2, 0) is 9.53 Å². The first-order chi connectivity index (χ1) is 16.6. The Morgan fingerprint density at radius 2 is 2.00 bits per heavy atom. The Morgan fingerprint density at radius 1 is 1.23 bits per heavy atom. The number of anilines is 4. The Balaban J connectivity index is 1.61. The molecule has 1 aliphatic rings. The Labute approximate surface area is 206 Å². The minimum Gasteiger partial charge on any atom is -0.444 e. The van der Waals surface area contributed by atoms with Crippen LogP contribution in [0.3, 0.4) is 0 Å². The van der Waals surface area contributed by atoms with Crippen LogP contribution >= 0.6 is 0 Å². The van der Waals surface area contributed by atoms with Gasteiger partial charge in [-0.2, -0.15) is 4.98 Å². The van der Waals surface area contributed by atoms with E-state index < -0.39 is 5.60 Å². The summed E-state index contributed by atoms with van der Waals surface area (Å²) in [6.07, 6.45) is 3.18. The van der Waals surface area contributed by atoms with Crippen molar-refractivity contribution in [2.45, 2.75) is 40.2 Å². The van der Waals surface area contributed by atoms with Crippen LogP contribution in [0.5, 0.6) is 0 Å². The molecule has 0 saturated carbocycles. The molecule has 2 aromatic rings. The monoisotopic (exact) mass is 484 g/mol. The van der Waals surface area contributed by atoms with Crippen molar-refractivity contribution < 1.29 is 14.3 Å². The van der Waals surface area contributed by atoms with E-state index >= 15 is 0 Å². The number of amides is 2. The fourth-order valence-corrected chi connectivity index (χ4v) is 3.57. The zero-order valence-electron chi connectivity index (χ0n) is 21.5. The molecule has 0 spiro atoms. The van der Waals surface area contributed by atoms with E-state index in [2.05, 4.69) is 37.4 Å². The predicted octanol–water partition coefficient (Wildman–Crippen LogP) is 2.55. The SMILES string of the molecule is CCN(CCN(C)C(=O)OC(C)(C)C)c1ccc(Nc2ncc(C)c(N3CCNC(=O)C3)n2)nc1. The topological polar surface area (TPSA) is 116 Å². The average molecular weight is 485 g/mol. The number of nitrogens with zero attached hydrogens (tertiary/aromatic N) is 6. The summed E-state index contributed by atoms with van der Waals surface area (Å²) < 4.78 is 5.42. The highest BCUT2D eigenvalue weighted by Crippen LogP contribution is 2.21. The summed E-state index contributed by atoms with van der Waals surface area (Å²) in [4.78, 5) is 43.1. The first-order valence-corrected chi connectivity index (χ1v) is 11.8.